The first-order valence-corrected chi connectivity index (χ1v) is 12.2. The number of thioether (sulfide) groups is 1. The number of rotatable bonds is 6. The van der Waals surface area contributed by atoms with Crippen molar-refractivity contribution in [1.29, 1.82) is 0 Å². The van der Waals surface area contributed by atoms with Crippen LogP contribution in [0.2, 0.25) is 0 Å². The molecule has 0 radical (unpaired) electrons. The standard InChI is InChI=1S/C25H21N3O2S2/c1-3-16-11-12-21-20(13-16)15(2)22(30-21)23(29)26-24-27-28-25(32-24)31-14-18-9-6-8-17-7-4-5-10-19(17)18/h4-13H,3,14H2,1-2H3,(H,26,27,29). The molecule has 3 aromatic carbocycles. The summed E-state index contributed by atoms with van der Waals surface area (Å²) in [6.07, 6.45) is 0.937. The zero-order valence-electron chi connectivity index (χ0n) is 17.7. The second-order valence-electron chi connectivity index (χ2n) is 7.49. The van der Waals surface area contributed by atoms with Gasteiger partial charge < -0.3 is 4.42 Å². The van der Waals surface area contributed by atoms with Crippen molar-refractivity contribution in [3.63, 3.8) is 0 Å². The first-order chi connectivity index (χ1) is 15.6. The summed E-state index contributed by atoms with van der Waals surface area (Å²) in [5, 5.41) is 15.1. The number of hydrogen-bond acceptors (Lipinski definition) is 6. The predicted molar refractivity (Wildman–Crippen MR) is 132 cm³/mol. The molecule has 2 heterocycles. The average molecular weight is 460 g/mol. The summed E-state index contributed by atoms with van der Waals surface area (Å²) in [5.74, 6) is 0.791. The third kappa shape index (κ3) is 4.01. The minimum atomic E-state index is -0.307. The summed E-state index contributed by atoms with van der Waals surface area (Å²) in [6.45, 7) is 4.02. The first-order valence-electron chi connectivity index (χ1n) is 10.4. The van der Waals surface area contributed by atoms with Gasteiger partial charge in [-0.3, -0.25) is 10.1 Å². The lowest BCUT2D eigenvalue weighted by molar-refractivity contribution is 0.0998. The van der Waals surface area contributed by atoms with Crippen LogP contribution in [0.5, 0.6) is 0 Å². The summed E-state index contributed by atoms with van der Waals surface area (Å²) < 4.78 is 6.63. The highest BCUT2D eigenvalue weighted by molar-refractivity contribution is 8.00. The quantitative estimate of drug-likeness (QED) is 0.222. The number of furan rings is 1. The molecule has 0 aliphatic heterocycles. The molecular weight excluding hydrogens is 438 g/mol. The van der Waals surface area contributed by atoms with Gasteiger partial charge in [0.15, 0.2) is 10.1 Å². The van der Waals surface area contributed by atoms with E-state index in [4.69, 9.17) is 4.42 Å². The lowest BCUT2D eigenvalue weighted by atomic mass is 10.1. The van der Waals surface area contributed by atoms with Crippen molar-refractivity contribution < 1.29 is 9.21 Å². The van der Waals surface area contributed by atoms with Gasteiger partial charge in [0.1, 0.15) is 5.58 Å². The van der Waals surface area contributed by atoms with Crippen LogP contribution in [0.3, 0.4) is 0 Å². The third-order valence-electron chi connectivity index (χ3n) is 5.47. The number of aryl methyl sites for hydroxylation is 2. The van der Waals surface area contributed by atoms with E-state index in [-0.39, 0.29) is 5.91 Å². The zero-order chi connectivity index (χ0) is 22.1. The Labute approximate surface area is 193 Å². The van der Waals surface area contributed by atoms with Crippen molar-refractivity contribution in [2.45, 2.75) is 30.4 Å². The van der Waals surface area contributed by atoms with Crippen molar-refractivity contribution in [3.05, 3.63) is 83.1 Å². The number of carbonyl (C=O) groups is 1. The molecule has 5 aromatic rings. The van der Waals surface area contributed by atoms with Crippen LogP contribution in [0.25, 0.3) is 21.7 Å². The minimum Gasteiger partial charge on any atom is -0.451 e. The average Bonchev–Trinajstić information content (AvgIpc) is 3.41. The van der Waals surface area contributed by atoms with Crippen molar-refractivity contribution in [1.82, 2.24) is 10.2 Å². The van der Waals surface area contributed by atoms with Gasteiger partial charge in [-0.15, -0.1) is 10.2 Å². The number of hydrogen-bond donors (Lipinski definition) is 1. The second kappa shape index (κ2) is 8.76. The summed E-state index contributed by atoms with van der Waals surface area (Å²) in [7, 11) is 0. The first kappa shape index (κ1) is 20.7. The fourth-order valence-corrected chi connectivity index (χ4v) is 5.49. The van der Waals surface area contributed by atoms with Gasteiger partial charge in [0.2, 0.25) is 5.13 Å². The van der Waals surface area contributed by atoms with Crippen LogP contribution >= 0.6 is 23.1 Å². The van der Waals surface area contributed by atoms with Crippen molar-refractivity contribution in [3.8, 4) is 0 Å². The number of benzene rings is 3. The third-order valence-corrected chi connectivity index (χ3v) is 7.49. The smallest absolute Gasteiger partial charge is 0.293 e. The minimum absolute atomic E-state index is 0.307. The van der Waals surface area contributed by atoms with Crippen molar-refractivity contribution in [2.75, 3.05) is 5.32 Å². The summed E-state index contributed by atoms with van der Waals surface area (Å²) in [6, 6.07) is 20.7. The molecule has 7 heteroatoms. The molecule has 0 aliphatic rings. The molecule has 160 valence electrons. The summed E-state index contributed by atoms with van der Waals surface area (Å²) in [4.78, 5) is 12.8. The molecule has 0 unspecified atom stereocenters. The molecule has 2 aromatic heterocycles. The maximum atomic E-state index is 12.8. The van der Waals surface area contributed by atoms with E-state index in [2.05, 4.69) is 64.9 Å². The largest absolute Gasteiger partial charge is 0.451 e. The number of fused-ring (bicyclic) bond motifs is 2. The van der Waals surface area contributed by atoms with E-state index >= 15 is 0 Å². The maximum absolute atomic E-state index is 12.8. The number of anilines is 1. The molecule has 0 bridgehead atoms. The number of carbonyl (C=O) groups excluding carboxylic acids is 1. The summed E-state index contributed by atoms with van der Waals surface area (Å²) in [5.41, 5.74) is 4.01. The molecular formula is C25H21N3O2S2. The molecule has 1 N–H and O–H groups in total. The predicted octanol–water partition coefficient (Wildman–Crippen LogP) is 6.85. The van der Waals surface area contributed by atoms with E-state index in [9.17, 15) is 4.79 Å². The Hall–Kier alpha value is -3.16. The molecule has 0 aliphatic carbocycles. The van der Waals surface area contributed by atoms with Crippen LogP contribution in [-0.4, -0.2) is 16.1 Å². The molecule has 0 fully saturated rings. The molecule has 5 nitrogen and oxygen atoms in total. The van der Waals surface area contributed by atoms with Gasteiger partial charge in [-0.25, -0.2) is 0 Å². The molecule has 0 saturated heterocycles. The monoisotopic (exact) mass is 459 g/mol. The number of nitrogens with zero attached hydrogens (tertiary/aromatic N) is 2. The number of amides is 1. The lowest BCUT2D eigenvalue weighted by Crippen LogP contribution is -2.11. The maximum Gasteiger partial charge on any atom is 0.293 e. The highest BCUT2D eigenvalue weighted by Gasteiger charge is 2.19. The van der Waals surface area contributed by atoms with Crippen LogP contribution in [0.4, 0.5) is 5.13 Å². The highest BCUT2D eigenvalue weighted by Crippen LogP contribution is 2.32. The van der Waals surface area contributed by atoms with E-state index in [1.807, 2.05) is 25.1 Å². The molecule has 0 spiro atoms. The second-order valence-corrected chi connectivity index (χ2v) is 9.69. The molecule has 1 amide bonds. The topological polar surface area (TPSA) is 68.0 Å². The highest BCUT2D eigenvalue weighted by atomic mass is 32.2. The van der Waals surface area contributed by atoms with Gasteiger partial charge >= 0.3 is 0 Å². The fraction of sp³-hybridized carbons (Fsp3) is 0.160. The zero-order valence-corrected chi connectivity index (χ0v) is 19.3. The SMILES string of the molecule is CCc1ccc2oc(C(=O)Nc3nnc(SCc4cccc5ccccc45)s3)c(C)c2c1. The van der Waals surface area contributed by atoms with Gasteiger partial charge in [-0.1, -0.05) is 78.6 Å². The van der Waals surface area contributed by atoms with E-state index in [0.717, 1.165) is 27.5 Å². The van der Waals surface area contributed by atoms with E-state index in [1.165, 1.54) is 33.2 Å². The van der Waals surface area contributed by atoms with Crippen LogP contribution in [0.1, 0.15) is 34.2 Å². The van der Waals surface area contributed by atoms with Gasteiger partial charge in [0.05, 0.1) is 0 Å². The Bertz CT molecular complexity index is 1430. The van der Waals surface area contributed by atoms with E-state index in [0.29, 0.717) is 16.5 Å². The number of aromatic nitrogens is 2. The van der Waals surface area contributed by atoms with Gasteiger partial charge in [0.25, 0.3) is 5.91 Å². The summed E-state index contributed by atoms with van der Waals surface area (Å²) >= 11 is 2.98. The van der Waals surface area contributed by atoms with Gasteiger partial charge in [-0.2, -0.15) is 0 Å². The van der Waals surface area contributed by atoms with E-state index in [1.54, 1.807) is 11.8 Å². The Morgan fingerprint density at radius 2 is 1.91 bits per heavy atom. The fourth-order valence-electron chi connectivity index (χ4n) is 3.73. The van der Waals surface area contributed by atoms with Crippen molar-refractivity contribution >= 4 is 55.9 Å². The van der Waals surface area contributed by atoms with Crippen LogP contribution < -0.4 is 5.32 Å². The Morgan fingerprint density at radius 1 is 1.06 bits per heavy atom. The lowest BCUT2D eigenvalue weighted by Gasteiger charge is -2.04. The van der Waals surface area contributed by atoms with Crippen LogP contribution in [0.15, 0.2) is 69.4 Å². The molecule has 32 heavy (non-hydrogen) atoms. The van der Waals surface area contributed by atoms with Gasteiger partial charge in [-0.05, 0) is 47.4 Å². The Kier molecular flexibility index (Phi) is 5.68. The Balaban J connectivity index is 1.29. The van der Waals surface area contributed by atoms with Crippen molar-refractivity contribution in [2.24, 2.45) is 0 Å². The Morgan fingerprint density at radius 3 is 2.78 bits per heavy atom. The van der Waals surface area contributed by atoms with E-state index < -0.39 is 0 Å². The molecule has 0 atom stereocenters. The number of nitrogens with one attached hydrogen (secondary N) is 1. The molecule has 0 saturated carbocycles. The van der Waals surface area contributed by atoms with Gasteiger partial charge in [0, 0.05) is 16.7 Å². The molecule has 5 rings (SSSR count). The van der Waals surface area contributed by atoms with Crippen LogP contribution in [-0.2, 0) is 12.2 Å². The normalized spacial score (nSPS) is 11.3. The van der Waals surface area contributed by atoms with Crippen LogP contribution in [0, 0.1) is 6.92 Å².